The molecular weight excluding hydrogens is 346 g/mol. The van der Waals surface area contributed by atoms with E-state index in [1.54, 1.807) is 43.3 Å². The maximum atomic E-state index is 13.1. The molecular formula is C20H17N3O4. The molecule has 2 aromatic carbocycles. The average Bonchev–Trinajstić information content (AvgIpc) is 2.92. The van der Waals surface area contributed by atoms with Crippen molar-refractivity contribution in [3.05, 3.63) is 59.2 Å². The highest BCUT2D eigenvalue weighted by Gasteiger charge is 2.49. The molecule has 7 nitrogen and oxygen atoms in total. The second-order valence-electron chi connectivity index (χ2n) is 6.58. The van der Waals surface area contributed by atoms with Crippen LogP contribution in [0.2, 0.25) is 0 Å². The second-order valence-corrected chi connectivity index (χ2v) is 6.58. The van der Waals surface area contributed by atoms with Crippen molar-refractivity contribution in [1.29, 1.82) is 5.26 Å². The number of benzene rings is 2. The summed E-state index contributed by atoms with van der Waals surface area (Å²) in [7, 11) is 0. The highest BCUT2D eigenvalue weighted by atomic mass is 16.6. The predicted molar refractivity (Wildman–Crippen MR) is 95.0 cm³/mol. The van der Waals surface area contributed by atoms with Crippen LogP contribution in [-0.2, 0) is 16.9 Å². The molecule has 2 aromatic rings. The van der Waals surface area contributed by atoms with Crippen LogP contribution in [0.15, 0.2) is 42.5 Å². The molecule has 0 aliphatic carbocycles. The normalized spacial score (nSPS) is 21.0. The Morgan fingerprint density at radius 2 is 1.89 bits per heavy atom. The molecule has 0 bridgehead atoms. The molecule has 27 heavy (non-hydrogen) atoms. The maximum absolute atomic E-state index is 13.1. The number of amides is 3. The van der Waals surface area contributed by atoms with Gasteiger partial charge in [-0.05, 0) is 30.7 Å². The van der Waals surface area contributed by atoms with E-state index in [4.69, 9.17) is 14.7 Å². The van der Waals surface area contributed by atoms with Crippen LogP contribution in [0.3, 0.4) is 0 Å². The standard InChI is InChI=1S/C20H17N3O4/c1-20(15-7-5-13(11-21)6-8-15)18(24)23(19(25)22-20)12-14-3-2-4-16-17(14)27-10-9-26-16/h2-8H,9-10,12H2,1H3,(H,22,25). The van der Waals surface area contributed by atoms with Crippen molar-refractivity contribution < 1.29 is 19.1 Å². The molecule has 0 spiro atoms. The zero-order chi connectivity index (χ0) is 19.0. The lowest BCUT2D eigenvalue weighted by Crippen LogP contribution is -2.40. The van der Waals surface area contributed by atoms with E-state index >= 15 is 0 Å². The van der Waals surface area contributed by atoms with E-state index in [9.17, 15) is 9.59 Å². The van der Waals surface area contributed by atoms with E-state index in [2.05, 4.69) is 5.32 Å². The average molecular weight is 363 g/mol. The van der Waals surface area contributed by atoms with Gasteiger partial charge >= 0.3 is 6.03 Å². The van der Waals surface area contributed by atoms with Gasteiger partial charge in [-0.2, -0.15) is 5.26 Å². The number of nitriles is 1. The minimum absolute atomic E-state index is 0.0864. The second kappa shape index (κ2) is 6.32. The molecule has 1 N–H and O–H groups in total. The molecule has 0 saturated carbocycles. The minimum atomic E-state index is -1.18. The van der Waals surface area contributed by atoms with Crippen LogP contribution in [-0.4, -0.2) is 30.1 Å². The highest BCUT2D eigenvalue weighted by Crippen LogP contribution is 2.36. The maximum Gasteiger partial charge on any atom is 0.325 e. The van der Waals surface area contributed by atoms with Gasteiger partial charge in [-0.25, -0.2) is 4.79 Å². The number of ether oxygens (including phenoxy) is 2. The Bertz CT molecular complexity index is 964. The predicted octanol–water partition coefficient (Wildman–Crippen LogP) is 2.30. The van der Waals surface area contributed by atoms with E-state index in [-0.39, 0.29) is 12.5 Å². The molecule has 1 fully saturated rings. The first-order valence-corrected chi connectivity index (χ1v) is 8.55. The van der Waals surface area contributed by atoms with Crippen molar-refractivity contribution in [2.24, 2.45) is 0 Å². The van der Waals surface area contributed by atoms with Crippen LogP contribution in [0.5, 0.6) is 11.5 Å². The van der Waals surface area contributed by atoms with Gasteiger partial charge < -0.3 is 14.8 Å². The number of carbonyl (C=O) groups excluding carboxylic acids is 2. The van der Waals surface area contributed by atoms with Crippen LogP contribution >= 0.6 is 0 Å². The molecule has 3 amide bonds. The van der Waals surface area contributed by atoms with Crippen molar-refractivity contribution >= 4 is 11.9 Å². The van der Waals surface area contributed by atoms with Gasteiger partial charge in [0.15, 0.2) is 11.5 Å². The topological polar surface area (TPSA) is 91.7 Å². The summed E-state index contributed by atoms with van der Waals surface area (Å²) in [4.78, 5) is 26.8. The lowest BCUT2D eigenvalue weighted by Gasteiger charge is -2.24. The first kappa shape index (κ1) is 16.9. The van der Waals surface area contributed by atoms with Gasteiger partial charge in [-0.3, -0.25) is 9.69 Å². The van der Waals surface area contributed by atoms with Gasteiger partial charge in [-0.1, -0.05) is 24.3 Å². The Kier molecular flexibility index (Phi) is 3.96. The fraction of sp³-hybridized carbons (Fsp3) is 0.250. The van der Waals surface area contributed by atoms with Gasteiger partial charge in [0.25, 0.3) is 5.91 Å². The number of hydrogen-bond acceptors (Lipinski definition) is 5. The molecule has 2 aliphatic heterocycles. The first-order chi connectivity index (χ1) is 13.0. The summed E-state index contributed by atoms with van der Waals surface area (Å²) in [6.45, 7) is 2.64. The smallest absolute Gasteiger partial charge is 0.325 e. The van der Waals surface area contributed by atoms with E-state index in [1.807, 2.05) is 12.1 Å². The Balaban J connectivity index is 1.63. The van der Waals surface area contributed by atoms with Crippen LogP contribution in [0.1, 0.15) is 23.6 Å². The molecule has 0 aromatic heterocycles. The number of hydrogen-bond donors (Lipinski definition) is 1. The third-order valence-corrected chi connectivity index (χ3v) is 4.84. The van der Waals surface area contributed by atoms with Gasteiger partial charge in [0.05, 0.1) is 18.2 Å². The Labute approximate surface area is 156 Å². The fourth-order valence-electron chi connectivity index (χ4n) is 3.34. The number of rotatable bonds is 3. The zero-order valence-corrected chi connectivity index (χ0v) is 14.7. The summed E-state index contributed by atoms with van der Waals surface area (Å²) in [5.41, 5.74) is 0.637. The number of nitrogens with one attached hydrogen (secondary N) is 1. The summed E-state index contributed by atoms with van der Waals surface area (Å²) in [5.74, 6) is 0.823. The Morgan fingerprint density at radius 3 is 2.63 bits per heavy atom. The quantitative estimate of drug-likeness (QED) is 0.845. The van der Waals surface area contributed by atoms with Crippen molar-refractivity contribution in [3.63, 3.8) is 0 Å². The molecule has 1 atom stereocenters. The van der Waals surface area contributed by atoms with E-state index in [1.165, 1.54) is 4.90 Å². The third-order valence-electron chi connectivity index (χ3n) is 4.84. The number of nitrogens with zero attached hydrogens (tertiary/aromatic N) is 2. The Morgan fingerprint density at radius 1 is 1.15 bits per heavy atom. The van der Waals surface area contributed by atoms with Crippen LogP contribution in [0.25, 0.3) is 0 Å². The number of urea groups is 1. The van der Waals surface area contributed by atoms with Gasteiger partial charge in [0, 0.05) is 5.56 Å². The summed E-state index contributed by atoms with van der Waals surface area (Å²) in [6.07, 6.45) is 0. The van der Waals surface area contributed by atoms with Crippen molar-refractivity contribution in [1.82, 2.24) is 10.2 Å². The summed E-state index contributed by atoms with van der Waals surface area (Å²) in [6, 6.07) is 13.6. The van der Waals surface area contributed by atoms with Gasteiger partial charge in [-0.15, -0.1) is 0 Å². The minimum Gasteiger partial charge on any atom is -0.486 e. The van der Waals surface area contributed by atoms with Crippen LogP contribution in [0.4, 0.5) is 4.79 Å². The van der Waals surface area contributed by atoms with Crippen LogP contribution in [0, 0.1) is 11.3 Å². The number of para-hydroxylation sites is 1. The van der Waals surface area contributed by atoms with Crippen molar-refractivity contribution in [2.45, 2.75) is 19.0 Å². The molecule has 1 unspecified atom stereocenters. The van der Waals surface area contributed by atoms with E-state index in [0.29, 0.717) is 41.4 Å². The molecule has 2 heterocycles. The molecule has 4 rings (SSSR count). The van der Waals surface area contributed by atoms with Crippen molar-refractivity contribution in [3.8, 4) is 17.6 Å². The summed E-state index contributed by atoms with van der Waals surface area (Å²) >= 11 is 0. The monoisotopic (exact) mass is 363 g/mol. The van der Waals surface area contributed by atoms with Crippen molar-refractivity contribution in [2.75, 3.05) is 13.2 Å². The molecule has 0 radical (unpaired) electrons. The lowest BCUT2D eigenvalue weighted by molar-refractivity contribution is -0.131. The number of imide groups is 1. The molecule has 7 heteroatoms. The Hall–Kier alpha value is -3.53. The summed E-state index contributed by atoms with van der Waals surface area (Å²) < 4.78 is 11.2. The zero-order valence-electron chi connectivity index (χ0n) is 14.7. The largest absolute Gasteiger partial charge is 0.486 e. The summed E-state index contributed by atoms with van der Waals surface area (Å²) in [5, 5.41) is 11.7. The third kappa shape index (κ3) is 2.75. The van der Waals surface area contributed by atoms with Crippen LogP contribution < -0.4 is 14.8 Å². The van der Waals surface area contributed by atoms with E-state index in [0.717, 1.165) is 0 Å². The number of carbonyl (C=O) groups is 2. The molecule has 136 valence electrons. The first-order valence-electron chi connectivity index (χ1n) is 8.55. The van der Waals surface area contributed by atoms with Gasteiger partial charge in [0.1, 0.15) is 18.8 Å². The molecule has 2 aliphatic rings. The fourth-order valence-corrected chi connectivity index (χ4v) is 3.34. The SMILES string of the molecule is CC1(c2ccc(C#N)cc2)NC(=O)N(Cc2cccc3c2OCCO3)C1=O. The van der Waals surface area contributed by atoms with Gasteiger partial charge in [0.2, 0.25) is 0 Å². The molecule has 1 saturated heterocycles. The highest BCUT2D eigenvalue weighted by molar-refractivity contribution is 6.07. The number of fused-ring (bicyclic) bond motifs is 1. The van der Waals surface area contributed by atoms with E-state index < -0.39 is 11.6 Å². The lowest BCUT2D eigenvalue weighted by atomic mass is 9.91.